The third kappa shape index (κ3) is 2.72. The van der Waals surface area contributed by atoms with E-state index in [1.807, 2.05) is 19.1 Å². The summed E-state index contributed by atoms with van der Waals surface area (Å²) in [5.74, 6) is -1.82. The van der Waals surface area contributed by atoms with E-state index >= 15 is 0 Å². The maximum absolute atomic E-state index is 12.3. The number of carbonyl (C=O) groups excluding carboxylic acids is 3. The van der Waals surface area contributed by atoms with E-state index in [2.05, 4.69) is 5.32 Å². The van der Waals surface area contributed by atoms with Crippen LogP contribution in [0.25, 0.3) is 0 Å². The molecule has 1 heterocycles. The van der Waals surface area contributed by atoms with Crippen molar-refractivity contribution in [3.05, 3.63) is 65.2 Å². The Morgan fingerprint density at radius 3 is 2.42 bits per heavy atom. The SMILES string of the molecule is CCc1ccc(C(=O)NC(=S)N2C(=O)C(=O)c3ccccc32)cc1. The van der Waals surface area contributed by atoms with Crippen molar-refractivity contribution < 1.29 is 14.4 Å². The van der Waals surface area contributed by atoms with Crippen LogP contribution in [0.4, 0.5) is 5.69 Å². The molecule has 0 aliphatic carbocycles. The molecule has 0 fully saturated rings. The van der Waals surface area contributed by atoms with E-state index in [0.29, 0.717) is 11.3 Å². The predicted octanol–water partition coefficient (Wildman–Crippen LogP) is 2.49. The van der Waals surface area contributed by atoms with E-state index < -0.39 is 17.6 Å². The Kier molecular flexibility index (Phi) is 4.22. The molecule has 0 spiro atoms. The van der Waals surface area contributed by atoms with Gasteiger partial charge in [0.2, 0.25) is 0 Å². The number of para-hydroxylation sites is 1. The molecule has 0 saturated heterocycles. The van der Waals surface area contributed by atoms with Crippen molar-refractivity contribution in [1.29, 1.82) is 0 Å². The molecule has 1 aliphatic rings. The standard InChI is InChI=1S/C18H14N2O3S/c1-2-11-7-9-12(10-8-11)16(22)19-18(24)20-14-6-4-3-5-13(14)15(21)17(20)23/h3-10H,2H2,1H3,(H,19,22,24). The number of benzene rings is 2. The summed E-state index contributed by atoms with van der Waals surface area (Å²) in [6, 6.07) is 13.7. The number of carbonyl (C=O) groups is 3. The van der Waals surface area contributed by atoms with Crippen LogP contribution in [0.3, 0.4) is 0 Å². The minimum atomic E-state index is -0.761. The Balaban J connectivity index is 1.81. The number of amides is 2. The number of rotatable bonds is 2. The number of aryl methyl sites for hydroxylation is 1. The number of hydrogen-bond acceptors (Lipinski definition) is 4. The van der Waals surface area contributed by atoms with E-state index in [9.17, 15) is 14.4 Å². The van der Waals surface area contributed by atoms with Crippen LogP contribution in [-0.4, -0.2) is 22.7 Å². The van der Waals surface area contributed by atoms with E-state index in [-0.39, 0.29) is 10.7 Å². The Morgan fingerprint density at radius 1 is 1.08 bits per heavy atom. The molecule has 0 bridgehead atoms. The molecule has 120 valence electrons. The highest BCUT2D eigenvalue weighted by Gasteiger charge is 2.38. The molecule has 0 aromatic heterocycles. The molecule has 2 aromatic rings. The fraction of sp³-hybridized carbons (Fsp3) is 0.111. The van der Waals surface area contributed by atoms with Crippen LogP contribution in [0.2, 0.25) is 0 Å². The molecule has 2 amide bonds. The van der Waals surface area contributed by atoms with Crippen molar-refractivity contribution in [1.82, 2.24) is 5.32 Å². The summed E-state index contributed by atoms with van der Waals surface area (Å²) in [7, 11) is 0. The second-order valence-electron chi connectivity index (χ2n) is 5.30. The number of nitrogens with one attached hydrogen (secondary N) is 1. The van der Waals surface area contributed by atoms with Crippen molar-refractivity contribution in [2.24, 2.45) is 0 Å². The molecule has 1 N–H and O–H groups in total. The second kappa shape index (κ2) is 6.33. The van der Waals surface area contributed by atoms with Crippen molar-refractivity contribution in [2.75, 3.05) is 4.90 Å². The maximum Gasteiger partial charge on any atom is 0.305 e. The summed E-state index contributed by atoms with van der Waals surface area (Å²) < 4.78 is 0. The van der Waals surface area contributed by atoms with Gasteiger partial charge in [-0.25, -0.2) is 4.90 Å². The van der Waals surface area contributed by atoms with E-state index in [1.54, 1.807) is 36.4 Å². The van der Waals surface area contributed by atoms with Gasteiger partial charge < -0.3 is 0 Å². The molecular formula is C18H14N2O3S. The topological polar surface area (TPSA) is 66.5 Å². The molecule has 24 heavy (non-hydrogen) atoms. The molecule has 0 radical (unpaired) electrons. The molecule has 6 heteroatoms. The zero-order chi connectivity index (χ0) is 17.3. The summed E-state index contributed by atoms with van der Waals surface area (Å²) >= 11 is 5.17. The van der Waals surface area contributed by atoms with Gasteiger partial charge in [-0.2, -0.15) is 0 Å². The highest BCUT2D eigenvalue weighted by molar-refractivity contribution is 7.80. The molecule has 5 nitrogen and oxygen atoms in total. The van der Waals surface area contributed by atoms with E-state index in [0.717, 1.165) is 16.9 Å². The van der Waals surface area contributed by atoms with Gasteiger partial charge in [-0.1, -0.05) is 31.2 Å². The number of hydrogen-bond donors (Lipinski definition) is 1. The lowest BCUT2D eigenvalue weighted by Crippen LogP contribution is -2.45. The van der Waals surface area contributed by atoms with Crippen LogP contribution in [-0.2, 0) is 11.2 Å². The first-order valence-electron chi connectivity index (χ1n) is 7.45. The van der Waals surface area contributed by atoms with Gasteiger partial charge in [0.05, 0.1) is 11.3 Å². The first-order valence-corrected chi connectivity index (χ1v) is 7.85. The number of nitrogens with zero attached hydrogens (tertiary/aromatic N) is 1. The summed E-state index contributed by atoms with van der Waals surface area (Å²) in [6.45, 7) is 2.03. The van der Waals surface area contributed by atoms with Crippen molar-refractivity contribution >= 4 is 40.6 Å². The number of ketones is 1. The Morgan fingerprint density at radius 2 is 1.75 bits per heavy atom. The first-order chi connectivity index (χ1) is 11.5. The van der Waals surface area contributed by atoms with E-state index in [1.165, 1.54) is 0 Å². The van der Waals surface area contributed by atoms with E-state index in [4.69, 9.17) is 12.2 Å². The minimum Gasteiger partial charge on any atom is -0.298 e. The summed E-state index contributed by atoms with van der Waals surface area (Å²) in [4.78, 5) is 37.5. The van der Waals surface area contributed by atoms with Gasteiger partial charge in [-0.15, -0.1) is 0 Å². The highest BCUT2D eigenvalue weighted by Crippen LogP contribution is 2.28. The predicted molar refractivity (Wildman–Crippen MR) is 94.1 cm³/mol. The number of thiocarbonyl (C=S) groups is 1. The Labute approximate surface area is 144 Å². The monoisotopic (exact) mass is 338 g/mol. The van der Waals surface area contributed by atoms with Crippen LogP contribution in [0.15, 0.2) is 48.5 Å². The maximum atomic E-state index is 12.3. The van der Waals surface area contributed by atoms with Gasteiger partial charge in [-0.3, -0.25) is 19.7 Å². The third-order valence-corrected chi connectivity index (χ3v) is 4.12. The summed E-state index contributed by atoms with van der Waals surface area (Å²) in [5.41, 5.74) is 2.22. The zero-order valence-electron chi connectivity index (χ0n) is 12.9. The fourth-order valence-corrected chi connectivity index (χ4v) is 2.78. The van der Waals surface area contributed by atoms with Gasteiger partial charge >= 0.3 is 5.91 Å². The Bertz CT molecular complexity index is 859. The van der Waals surface area contributed by atoms with Crippen LogP contribution < -0.4 is 10.2 Å². The molecule has 2 aromatic carbocycles. The normalized spacial score (nSPS) is 13.0. The van der Waals surface area contributed by atoms with Gasteiger partial charge in [0.25, 0.3) is 11.7 Å². The van der Waals surface area contributed by atoms with Crippen LogP contribution in [0, 0.1) is 0 Å². The molecule has 0 atom stereocenters. The molecule has 1 aliphatic heterocycles. The molecule has 0 unspecified atom stereocenters. The smallest absolute Gasteiger partial charge is 0.298 e. The lowest BCUT2D eigenvalue weighted by Gasteiger charge is -2.17. The quantitative estimate of drug-likeness (QED) is 0.675. The Hall–Kier alpha value is -2.86. The zero-order valence-corrected chi connectivity index (χ0v) is 13.7. The third-order valence-electron chi connectivity index (χ3n) is 3.83. The average molecular weight is 338 g/mol. The minimum absolute atomic E-state index is 0.108. The second-order valence-corrected chi connectivity index (χ2v) is 5.68. The van der Waals surface area contributed by atoms with Crippen molar-refractivity contribution in [2.45, 2.75) is 13.3 Å². The molecule has 0 saturated carbocycles. The fourth-order valence-electron chi connectivity index (χ4n) is 2.51. The van der Waals surface area contributed by atoms with Crippen molar-refractivity contribution in [3.63, 3.8) is 0 Å². The van der Waals surface area contributed by atoms with Crippen molar-refractivity contribution in [3.8, 4) is 0 Å². The lowest BCUT2D eigenvalue weighted by molar-refractivity contribution is -0.113. The van der Waals surface area contributed by atoms with Crippen LogP contribution in [0.1, 0.15) is 33.2 Å². The number of anilines is 1. The molecule has 3 rings (SSSR count). The van der Waals surface area contributed by atoms with Crippen LogP contribution >= 0.6 is 12.2 Å². The lowest BCUT2D eigenvalue weighted by atomic mass is 10.1. The van der Waals surface area contributed by atoms with Gasteiger partial charge in [0.15, 0.2) is 5.11 Å². The summed E-state index contributed by atoms with van der Waals surface area (Å²) in [6.07, 6.45) is 0.876. The van der Waals surface area contributed by atoms with Gasteiger partial charge in [-0.05, 0) is 48.5 Å². The summed E-state index contributed by atoms with van der Waals surface area (Å²) in [5, 5.41) is 2.40. The largest absolute Gasteiger partial charge is 0.305 e. The number of Topliss-reactive ketones (excluding diaryl/α,β-unsaturated/α-hetero) is 1. The highest BCUT2D eigenvalue weighted by atomic mass is 32.1. The average Bonchev–Trinajstić information content (AvgIpc) is 2.86. The number of fused-ring (bicyclic) bond motifs is 1. The first kappa shape index (κ1) is 16.0. The van der Waals surface area contributed by atoms with Gasteiger partial charge in [0.1, 0.15) is 0 Å². The van der Waals surface area contributed by atoms with Crippen LogP contribution in [0.5, 0.6) is 0 Å². The molecular weight excluding hydrogens is 324 g/mol. The van der Waals surface area contributed by atoms with Gasteiger partial charge in [0, 0.05) is 5.56 Å².